The lowest BCUT2D eigenvalue weighted by atomic mass is 9.87. The highest BCUT2D eigenvalue weighted by Crippen LogP contribution is 2.48. The second-order valence-electron chi connectivity index (χ2n) is 16.9. The summed E-state index contributed by atoms with van der Waals surface area (Å²) in [7, 11) is -1.21. The van der Waals surface area contributed by atoms with Crippen molar-refractivity contribution in [2.24, 2.45) is 17.8 Å². The summed E-state index contributed by atoms with van der Waals surface area (Å²) in [6.45, 7) is 4.47. The molecular weight excluding hydrogens is 800 g/mol. The van der Waals surface area contributed by atoms with E-state index in [0.717, 1.165) is 0 Å². The first kappa shape index (κ1) is 43.9. The van der Waals surface area contributed by atoms with Crippen molar-refractivity contribution in [2.75, 3.05) is 27.4 Å². The largest absolute Gasteiger partial charge is 0.494 e. The summed E-state index contributed by atoms with van der Waals surface area (Å²) in [6.07, 6.45) is -0.215. The number of halogens is 3. The highest BCUT2D eigenvalue weighted by Gasteiger charge is 2.63. The molecule has 2 aromatic rings. The van der Waals surface area contributed by atoms with Gasteiger partial charge in [-0.1, -0.05) is 37.3 Å². The van der Waals surface area contributed by atoms with Crippen molar-refractivity contribution in [1.29, 1.82) is 0 Å². The van der Waals surface area contributed by atoms with E-state index in [1.165, 1.54) is 32.2 Å². The van der Waals surface area contributed by atoms with Gasteiger partial charge < -0.3 is 34.5 Å². The fraction of sp³-hybridized carbons (Fsp3) is 0.625. The van der Waals surface area contributed by atoms with Crippen molar-refractivity contribution >= 4 is 44.6 Å². The predicted molar refractivity (Wildman–Crippen MR) is 208 cm³/mol. The third kappa shape index (κ3) is 9.10. The number of ether oxygens (including phenoxy) is 4. The Labute approximate surface area is 341 Å². The predicted octanol–water partition coefficient (Wildman–Crippen LogP) is 4.54. The minimum absolute atomic E-state index is 0.0894. The van der Waals surface area contributed by atoms with Crippen LogP contribution in [0, 0.1) is 17.8 Å². The highest BCUT2D eigenvalue weighted by atomic mass is 32.2. The number of fused-ring (bicyclic) bond motifs is 3. The molecular formula is C40H52F3N5O10S. The quantitative estimate of drug-likeness (QED) is 0.285. The molecule has 2 aliphatic heterocycles. The topological polar surface area (TPSA) is 192 Å². The number of benzene rings is 1. The maximum Gasteiger partial charge on any atom is 0.427 e. The van der Waals surface area contributed by atoms with Crippen LogP contribution >= 0.6 is 0 Å². The molecule has 1 saturated heterocycles. The molecule has 3 N–H and O–H groups in total. The number of rotatable bonds is 10. The third-order valence-electron chi connectivity index (χ3n) is 12.0. The molecule has 6 rings (SSSR count). The van der Waals surface area contributed by atoms with E-state index in [9.17, 15) is 40.8 Å². The molecule has 324 valence electrons. The number of methoxy groups -OCH3 is 2. The van der Waals surface area contributed by atoms with E-state index in [1.807, 2.05) is 13.0 Å². The van der Waals surface area contributed by atoms with E-state index in [1.54, 1.807) is 30.3 Å². The van der Waals surface area contributed by atoms with Crippen molar-refractivity contribution in [3.05, 3.63) is 42.6 Å². The van der Waals surface area contributed by atoms with Gasteiger partial charge in [0.1, 0.15) is 29.5 Å². The van der Waals surface area contributed by atoms with Gasteiger partial charge in [-0.15, -0.1) is 0 Å². The number of alkyl carbamates (subject to hydrolysis) is 1. The first-order valence-corrected chi connectivity index (χ1v) is 21.1. The van der Waals surface area contributed by atoms with Crippen LogP contribution in [0.25, 0.3) is 10.8 Å². The number of sulfonamides is 1. The van der Waals surface area contributed by atoms with Crippen molar-refractivity contribution in [3.63, 3.8) is 0 Å². The van der Waals surface area contributed by atoms with E-state index in [2.05, 4.69) is 20.3 Å². The minimum Gasteiger partial charge on any atom is -0.494 e. The van der Waals surface area contributed by atoms with Crippen LogP contribution in [-0.4, -0.2) is 110 Å². The Morgan fingerprint density at radius 1 is 1.08 bits per heavy atom. The number of allylic oxidation sites excluding steroid dienone is 1. The molecule has 59 heavy (non-hydrogen) atoms. The van der Waals surface area contributed by atoms with Crippen molar-refractivity contribution in [2.45, 2.75) is 113 Å². The van der Waals surface area contributed by atoms with Crippen LogP contribution in [0.3, 0.4) is 0 Å². The first-order valence-electron chi connectivity index (χ1n) is 19.6. The standard InChI is InChI=1S/C40H52F3N5O10S/c1-23-11-7-8-12-25-19-39(25,35(51)47-59(53,54)38(4)15-16-38)46-32(49)29-18-26(57-33-28-14-10-9-13-27(28)30(56-6)20-44-33)21-48(29)34(50)31(24(17-23)22-55-5)45-36(52)58-37(2,3)40(41,42)43/h8-10,12-14,20,23-26,29,31H,7,11,15-19,21-22H2,1-6H3,(H,45,52)(H,46,49)(H,47,51)/b12-8-/t23-,24+,25+,26-,29+,31+,39+/m1/s1. The molecule has 1 aromatic heterocycles. The van der Waals surface area contributed by atoms with Gasteiger partial charge in [-0.25, -0.2) is 18.2 Å². The Bertz CT molecular complexity index is 2090. The van der Waals surface area contributed by atoms with E-state index in [0.29, 0.717) is 56.1 Å². The van der Waals surface area contributed by atoms with Crippen LogP contribution < -0.4 is 24.8 Å². The zero-order chi connectivity index (χ0) is 43.1. The van der Waals surface area contributed by atoms with Gasteiger partial charge in [0.25, 0.3) is 5.91 Å². The van der Waals surface area contributed by atoms with Crippen LogP contribution in [0.1, 0.15) is 72.6 Å². The minimum atomic E-state index is -4.94. The molecule has 15 nitrogen and oxygen atoms in total. The molecule has 0 radical (unpaired) electrons. The number of pyridine rings is 1. The lowest BCUT2D eigenvalue weighted by molar-refractivity contribution is -0.244. The molecule has 4 amide bonds. The SMILES string of the molecule is COC[C@@H]1C[C@H](C)CC/C=C\[C@H]2C[C@]2(C(=O)NS(=O)(=O)C2(C)CC2)NC(=O)[C@@H]2C[C@@H](Oc3ncc(OC)c4ccccc34)CN2C(=O)[C@H]1NC(=O)OC(C)(C)C(F)(F)F. The van der Waals surface area contributed by atoms with E-state index in [-0.39, 0.29) is 44.2 Å². The Hall–Kier alpha value is -4.65. The van der Waals surface area contributed by atoms with Gasteiger partial charge in [-0.05, 0) is 71.3 Å². The molecule has 3 fully saturated rings. The molecule has 0 spiro atoms. The molecule has 0 bridgehead atoms. The summed E-state index contributed by atoms with van der Waals surface area (Å²) in [5.41, 5.74) is -4.58. The lowest BCUT2D eigenvalue weighted by Crippen LogP contribution is -2.60. The summed E-state index contributed by atoms with van der Waals surface area (Å²) < 4.78 is 91.1. The third-order valence-corrected chi connectivity index (χ3v) is 14.1. The number of alkyl halides is 3. The number of hydrogen-bond acceptors (Lipinski definition) is 11. The molecule has 4 aliphatic rings. The average molecular weight is 852 g/mol. The summed E-state index contributed by atoms with van der Waals surface area (Å²) >= 11 is 0. The zero-order valence-corrected chi connectivity index (χ0v) is 34.7. The van der Waals surface area contributed by atoms with E-state index >= 15 is 0 Å². The van der Waals surface area contributed by atoms with E-state index in [4.69, 9.17) is 18.9 Å². The molecule has 0 unspecified atom stereocenters. The molecule has 2 saturated carbocycles. The second-order valence-corrected chi connectivity index (χ2v) is 19.1. The summed E-state index contributed by atoms with van der Waals surface area (Å²) in [6, 6.07) is 4.24. The van der Waals surface area contributed by atoms with Crippen LogP contribution in [0.5, 0.6) is 11.6 Å². The van der Waals surface area contributed by atoms with Gasteiger partial charge in [0.15, 0.2) is 0 Å². The normalized spacial score (nSPS) is 29.1. The van der Waals surface area contributed by atoms with Crippen molar-refractivity contribution < 1.29 is 59.7 Å². The van der Waals surface area contributed by atoms with Gasteiger partial charge in [0, 0.05) is 36.1 Å². The molecule has 7 atom stereocenters. The molecule has 19 heteroatoms. The Balaban J connectivity index is 1.38. The van der Waals surface area contributed by atoms with Crippen LogP contribution in [0.15, 0.2) is 42.6 Å². The van der Waals surface area contributed by atoms with Crippen LogP contribution in [0.2, 0.25) is 0 Å². The average Bonchev–Trinajstić information content (AvgIpc) is 4.04. The summed E-state index contributed by atoms with van der Waals surface area (Å²) in [5.74, 6) is -3.37. The Morgan fingerprint density at radius 2 is 1.78 bits per heavy atom. The van der Waals surface area contributed by atoms with Gasteiger partial charge in [0.05, 0.1) is 31.2 Å². The van der Waals surface area contributed by atoms with Gasteiger partial charge in [0.2, 0.25) is 33.3 Å². The molecule has 1 aromatic carbocycles. The number of amides is 4. The fourth-order valence-electron chi connectivity index (χ4n) is 7.79. The Kier molecular flexibility index (Phi) is 12.2. The van der Waals surface area contributed by atoms with Gasteiger partial charge in [-0.3, -0.25) is 19.1 Å². The number of hydrogen-bond donors (Lipinski definition) is 3. The number of nitrogens with zero attached hydrogens (tertiary/aromatic N) is 2. The maximum atomic E-state index is 14.9. The molecule has 3 heterocycles. The van der Waals surface area contributed by atoms with Crippen molar-refractivity contribution in [3.8, 4) is 11.6 Å². The Morgan fingerprint density at radius 3 is 2.42 bits per heavy atom. The van der Waals surface area contributed by atoms with Crippen LogP contribution in [0.4, 0.5) is 18.0 Å². The monoisotopic (exact) mass is 851 g/mol. The highest BCUT2D eigenvalue weighted by molar-refractivity contribution is 7.91. The number of carbonyl (C=O) groups excluding carboxylic acids is 4. The molecule has 2 aliphatic carbocycles. The van der Waals surface area contributed by atoms with Crippen molar-refractivity contribution in [1.82, 2.24) is 25.2 Å². The van der Waals surface area contributed by atoms with Gasteiger partial charge in [-0.2, -0.15) is 13.2 Å². The number of nitrogens with one attached hydrogen (secondary N) is 3. The maximum absolute atomic E-state index is 14.9. The number of aromatic nitrogens is 1. The van der Waals surface area contributed by atoms with Gasteiger partial charge >= 0.3 is 12.3 Å². The first-order chi connectivity index (χ1) is 27.6. The summed E-state index contributed by atoms with van der Waals surface area (Å²) in [4.78, 5) is 62.3. The summed E-state index contributed by atoms with van der Waals surface area (Å²) in [5, 5.41) is 6.43. The smallest absolute Gasteiger partial charge is 0.427 e. The zero-order valence-electron chi connectivity index (χ0n) is 33.9. The van der Waals surface area contributed by atoms with Crippen LogP contribution in [-0.2, 0) is 33.9 Å². The number of carbonyl (C=O) groups is 4. The fourth-order valence-corrected chi connectivity index (χ4v) is 9.10. The van der Waals surface area contributed by atoms with E-state index < -0.39 is 85.9 Å². The lowest BCUT2D eigenvalue weighted by Gasteiger charge is -2.35. The second kappa shape index (κ2) is 16.4.